The Balaban J connectivity index is 3.20. The molecule has 0 radical (unpaired) electrons. The van der Waals surface area contributed by atoms with Crippen molar-refractivity contribution >= 4 is 17.7 Å². The quantitative estimate of drug-likeness (QED) is 0.561. The first-order chi connectivity index (χ1) is 6.32. The minimum atomic E-state index is -1.63. The van der Waals surface area contributed by atoms with Crippen LogP contribution in [-0.4, -0.2) is 13.3 Å². The van der Waals surface area contributed by atoms with Crippen LogP contribution in [-0.2, 0) is 7.05 Å². The molecule has 0 fully saturated rings. The Labute approximate surface area is 90.5 Å². The zero-order valence-electron chi connectivity index (χ0n) is 10.3. The van der Waals surface area contributed by atoms with Gasteiger partial charge in [0.2, 0.25) is 0 Å². The molecule has 0 aliphatic heterocycles. The van der Waals surface area contributed by atoms with Crippen molar-refractivity contribution in [2.45, 2.75) is 37.0 Å². The van der Waals surface area contributed by atoms with Crippen molar-refractivity contribution in [2.24, 2.45) is 7.05 Å². The van der Waals surface area contributed by atoms with Gasteiger partial charge in [-0.15, -0.1) is 0 Å². The van der Waals surface area contributed by atoms with Gasteiger partial charge in [0.25, 0.3) is 0 Å². The van der Waals surface area contributed by atoms with Crippen molar-refractivity contribution in [3.63, 3.8) is 0 Å². The molecular formula is C12H22GeN+. The molecule has 0 aromatic carbocycles. The van der Waals surface area contributed by atoms with Crippen LogP contribution in [0.15, 0.2) is 18.3 Å². The number of hydrogen-bond acceptors (Lipinski definition) is 0. The van der Waals surface area contributed by atoms with Gasteiger partial charge in [-0.3, -0.25) is 0 Å². The van der Waals surface area contributed by atoms with Gasteiger partial charge in [-0.1, -0.05) is 0 Å². The molecule has 0 amide bonds. The summed E-state index contributed by atoms with van der Waals surface area (Å²) < 4.78 is 3.84. The zero-order chi connectivity index (χ0) is 10.9. The summed E-state index contributed by atoms with van der Waals surface area (Å²) in [6, 6.07) is 4.70. The first kappa shape index (κ1) is 11.8. The first-order valence-corrected chi connectivity index (χ1v) is 12.7. The monoisotopic (exact) mass is 254 g/mol. The van der Waals surface area contributed by atoms with Crippen molar-refractivity contribution in [2.75, 3.05) is 0 Å². The molecule has 0 saturated carbocycles. The van der Waals surface area contributed by atoms with Crippen molar-refractivity contribution < 1.29 is 4.57 Å². The van der Waals surface area contributed by atoms with Gasteiger partial charge in [0, 0.05) is 0 Å². The van der Waals surface area contributed by atoms with Gasteiger partial charge >= 0.3 is 90.3 Å². The summed E-state index contributed by atoms with van der Waals surface area (Å²) in [5.74, 6) is 7.95. The fourth-order valence-corrected chi connectivity index (χ4v) is 4.05. The van der Waals surface area contributed by atoms with E-state index in [1.165, 1.54) is 5.69 Å². The Morgan fingerprint density at radius 2 is 1.79 bits per heavy atom. The minimum absolute atomic E-state index is 0.615. The number of aromatic nitrogens is 1. The molecule has 0 saturated heterocycles. The Morgan fingerprint density at radius 3 is 2.21 bits per heavy atom. The summed E-state index contributed by atoms with van der Waals surface area (Å²) in [5.41, 5.74) is 1.45. The topological polar surface area (TPSA) is 3.88 Å². The average Bonchev–Trinajstić information content (AvgIpc) is 2.02. The molecule has 0 aliphatic carbocycles. The van der Waals surface area contributed by atoms with Crippen LogP contribution in [0, 0.1) is 0 Å². The van der Waals surface area contributed by atoms with Crippen molar-refractivity contribution in [3.8, 4) is 0 Å². The molecule has 1 nitrogen and oxygen atoms in total. The Hall–Kier alpha value is -0.307. The Bertz CT molecular complexity index is 324. The van der Waals surface area contributed by atoms with E-state index >= 15 is 0 Å². The van der Waals surface area contributed by atoms with Crippen LogP contribution in [0.3, 0.4) is 0 Å². The molecule has 1 aromatic heterocycles. The van der Waals surface area contributed by atoms with Crippen LogP contribution in [0.2, 0.25) is 17.3 Å². The molecule has 1 rings (SSSR count). The van der Waals surface area contributed by atoms with E-state index in [0.29, 0.717) is 5.92 Å². The normalized spacial score (nSPS) is 12.2. The van der Waals surface area contributed by atoms with E-state index in [1.807, 2.05) is 0 Å². The van der Waals surface area contributed by atoms with Crippen LogP contribution in [0.4, 0.5) is 0 Å². The molecule has 0 N–H and O–H groups in total. The molecule has 0 bridgehead atoms. The van der Waals surface area contributed by atoms with E-state index in [0.717, 1.165) is 0 Å². The van der Waals surface area contributed by atoms with Crippen LogP contribution < -0.4 is 8.96 Å². The summed E-state index contributed by atoms with van der Waals surface area (Å²) in [7, 11) is 2.13. The molecule has 1 aromatic rings. The van der Waals surface area contributed by atoms with Gasteiger partial charge in [0.15, 0.2) is 0 Å². The van der Waals surface area contributed by atoms with Crippen LogP contribution >= 0.6 is 0 Å². The van der Waals surface area contributed by atoms with Crippen LogP contribution in [0.5, 0.6) is 0 Å². The maximum atomic E-state index is 2.44. The maximum absolute atomic E-state index is 2.44. The van der Waals surface area contributed by atoms with E-state index in [1.54, 1.807) is 4.40 Å². The third-order valence-corrected chi connectivity index (χ3v) is 6.93. The number of nitrogens with zero attached hydrogens (tertiary/aromatic N) is 1. The number of hydrogen-bond donors (Lipinski definition) is 0. The Morgan fingerprint density at radius 1 is 1.21 bits per heavy atom. The molecular weight excluding hydrogens is 231 g/mol. The molecule has 0 aliphatic rings. The summed E-state index contributed by atoms with van der Waals surface area (Å²) in [4.78, 5) is 0. The number of pyridine rings is 1. The van der Waals surface area contributed by atoms with Gasteiger partial charge in [-0.25, -0.2) is 0 Å². The van der Waals surface area contributed by atoms with Crippen molar-refractivity contribution in [1.29, 1.82) is 0 Å². The molecule has 0 spiro atoms. The van der Waals surface area contributed by atoms with Crippen molar-refractivity contribution in [1.82, 2.24) is 0 Å². The third-order valence-electron chi connectivity index (χ3n) is 2.65. The fraction of sp³-hybridized carbons (Fsp3) is 0.583. The molecule has 0 atom stereocenters. The zero-order valence-corrected chi connectivity index (χ0v) is 12.4. The summed E-state index contributed by atoms with van der Waals surface area (Å²) >= 11 is -1.63. The van der Waals surface area contributed by atoms with Gasteiger partial charge in [-0.2, -0.15) is 0 Å². The van der Waals surface area contributed by atoms with Crippen molar-refractivity contribution in [3.05, 3.63) is 24.0 Å². The van der Waals surface area contributed by atoms with E-state index in [-0.39, 0.29) is 0 Å². The molecule has 1 heterocycles. The average molecular weight is 253 g/mol. The standard InChI is InChI=1S/C12H22GeN/c1-10(2)12-9-11(13(3,4)5)7-8-14(12)6/h7-10H,1-6H3/q+1. The SMILES string of the molecule is CC(C)c1c[c]([Ge]([CH3])([CH3])[CH3])cc[n+]1C. The third kappa shape index (κ3) is 2.60. The number of rotatable bonds is 2. The fourth-order valence-electron chi connectivity index (χ4n) is 1.63. The second-order valence-corrected chi connectivity index (χ2v) is 16.0. The second-order valence-electron chi connectivity index (χ2n) is 5.36. The van der Waals surface area contributed by atoms with Crippen LogP contribution in [0.1, 0.15) is 25.5 Å². The number of aryl methyl sites for hydroxylation is 1. The van der Waals surface area contributed by atoms with E-state index < -0.39 is 13.3 Å². The van der Waals surface area contributed by atoms with Crippen LogP contribution in [0.25, 0.3) is 0 Å². The summed E-state index contributed by atoms with van der Waals surface area (Å²) in [5, 5.41) is 0. The molecule has 2 heteroatoms. The molecule has 78 valence electrons. The Kier molecular flexibility index (Phi) is 3.41. The predicted molar refractivity (Wildman–Crippen MR) is 64.7 cm³/mol. The van der Waals surface area contributed by atoms with E-state index in [4.69, 9.17) is 0 Å². The predicted octanol–water partition coefficient (Wildman–Crippen LogP) is 2.18. The van der Waals surface area contributed by atoms with Gasteiger partial charge in [0.1, 0.15) is 0 Å². The van der Waals surface area contributed by atoms with Gasteiger partial charge in [-0.05, 0) is 0 Å². The van der Waals surface area contributed by atoms with Gasteiger partial charge < -0.3 is 0 Å². The van der Waals surface area contributed by atoms with E-state index in [2.05, 4.69) is 61.1 Å². The van der Waals surface area contributed by atoms with Gasteiger partial charge in [0.05, 0.1) is 0 Å². The molecule has 14 heavy (non-hydrogen) atoms. The van der Waals surface area contributed by atoms with E-state index in [9.17, 15) is 0 Å². The molecule has 0 unspecified atom stereocenters. The summed E-state index contributed by atoms with van der Waals surface area (Å²) in [6.45, 7) is 4.52. The summed E-state index contributed by atoms with van der Waals surface area (Å²) in [6.07, 6.45) is 2.21. The second kappa shape index (κ2) is 4.05. The first-order valence-electron chi connectivity index (χ1n) is 5.32.